The Balaban J connectivity index is 1.35. The Labute approximate surface area is 218 Å². The molecule has 4 aromatic rings. The zero-order chi connectivity index (χ0) is 26.0. The molecule has 0 aliphatic rings. The van der Waals surface area contributed by atoms with Gasteiger partial charge in [0.1, 0.15) is 0 Å². The summed E-state index contributed by atoms with van der Waals surface area (Å²) in [7, 11) is 1.29. The number of methoxy groups -OCH3 is 1. The molecule has 1 amide bonds. The normalized spacial score (nSPS) is 10.4. The zero-order valence-electron chi connectivity index (χ0n) is 19.9. The van der Waals surface area contributed by atoms with Gasteiger partial charge in [0.15, 0.2) is 11.8 Å². The number of ether oxygens (including phenoxy) is 2. The summed E-state index contributed by atoms with van der Waals surface area (Å²) >= 11 is 1.14. The lowest BCUT2D eigenvalue weighted by Crippen LogP contribution is -2.21. The van der Waals surface area contributed by atoms with Crippen LogP contribution in [-0.2, 0) is 19.1 Å². The van der Waals surface area contributed by atoms with Crippen LogP contribution in [-0.4, -0.2) is 47.3 Å². The predicted molar refractivity (Wildman–Crippen MR) is 141 cm³/mol. The van der Waals surface area contributed by atoms with Gasteiger partial charge in [0, 0.05) is 16.8 Å². The number of carbonyl (C=O) groups excluding carboxylic acids is 3. The summed E-state index contributed by atoms with van der Waals surface area (Å²) in [5.74, 6) is -1.61. The average molecular weight is 514 g/mol. The van der Waals surface area contributed by atoms with Crippen LogP contribution in [0.25, 0.3) is 22.5 Å². The minimum atomic E-state index is -0.573. The fourth-order valence-corrected chi connectivity index (χ4v) is 3.98. The topological polar surface area (TPSA) is 107 Å². The highest BCUT2D eigenvalue weighted by atomic mass is 32.2. The molecule has 9 heteroatoms. The van der Waals surface area contributed by atoms with Crippen molar-refractivity contribution in [3.8, 4) is 22.5 Å². The Bertz CT molecular complexity index is 1320. The van der Waals surface area contributed by atoms with Crippen molar-refractivity contribution in [3.63, 3.8) is 0 Å². The predicted octanol–water partition coefficient (Wildman–Crippen LogP) is 4.87. The van der Waals surface area contributed by atoms with Gasteiger partial charge in [0.2, 0.25) is 0 Å². The first kappa shape index (κ1) is 25.6. The summed E-state index contributed by atoms with van der Waals surface area (Å²) in [5, 5.41) is 3.03. The van der Waals surface area contributed by atoms with E-state index >= 15 is 0 Å². The molecular weight excluding hydrogens is 490 g/mol. The average Bonchev–Trinajstić information content (AvgIpc) is 2.95. The Kier molecular flexibility index (Phi) is 8.62. The quantitative estimate of drug-likeness (QED) is 0.192. The van der Waals surface area contributed by atoms with Crippen LogP contribution in [0, 0.1) is 0 Å². The van der Waals surface area contributed by atoms with Gasteiger partial charge in [-0.15, -0.1) is 0 Å². The van der Waals surface area contributed by atoms with E-state index in [1.54, 1.807) is 12.1 Å². The molecule has 0 aliphatic heterocycles. The summed E-state index contributed by atoms with van der Waals surface area (Å²) in [5.41, 5.74) is 4.16. The van der Waals surface area contributed by atoms with E-state index in [2.05, 4.69) is 20.0 Å². The zero-order valence-corrected chi connectivity index (χ0v) is 20.7. The molecule has 0 radical (unpaired) electrons. The number of benzene rings is 3. The standard InChI is InChI=1S/C28H23N3O5S/c1-35-27(34)21-12-14-22(15-13-21)29-25(32)17-36-26(33)18-37-28-30-23(19-8-4-2-5-9-19)16-24(31-28)20-10-6-3-7-11-20/h2-16H,17-18H2,1H3,(H,29,32). The molecule has 1 heterocycles. The highest BCUT2D eigenvalue weighted by molar-refractivity contribution is 7.99. The fourth-order valence-electron chi connectivity index (χ4n) is 3.32. The van der Waals surface area contributed by atoms with Crippen molar-refractivity contribution in [1.82, 2.24) is 9.97 Å². The van der Waals surface area contributed by atoms with Crippen LogP contribution in [0.15, 0.2) is 96.2 Å². The smallest absolute Gasteiger partial charge is 0.337 e. The molecule has 0 fully saturated rings. The van der Waals surface area contributed by atoms with Crippen molar-refractivity contribution >= 4 is 35.3 Å². The lowest BCUT2D eigenvalue weighted by atomic mass is 10.1. The van der Waals surface area contributed by atoms with Crippen LogP contribution in [0.5, 0.6) is 0 Å². The minimum absolute atomic E-state index is 0.0619. The summed E-state index contributed by atoms with van der Waals surface area (Å²) in [6, 6.07) is 27.5. The molecule has 0 spiro atoms. The van der Waals surface area contributed by atoms with E-state index < -0.39 is 24.5 Å². The number of thioether (sulfide) groups is 1. The third-order valence-corrected chi connectivity index (χ3v) is 5.94. The molecule has 0 unspecified atom stereocenters. The molecular formula is C28H23N3O5S. The number of aromatic nitrogens is 2. The monoisotopic (exact) mass is 513 g/mol. The minimum Gasteiger partial charge on any atom is -0.465 e. The van der Waals surface area contributed by atoms with E-state index in [0.29, 0.717) is 16.4 Å². The van der Waals surface area contributed by atoms with E-state index in [4.69, 9.17) is 4.74 Å². The summed E-state index contributed by atoms with van der Waals surface area (Å²) < 4.78 is 9.75. The van der Waals surface area contributed by atoms with E-state index in [0.717, 1.165) is 34.3 Å². The van der Waals surface area contributed by atoms with Crippen LogP contribution in [0.4, 0.5) is 5.69 Å². The van der Waals surface area contributed by atoms with Gasteiger partial charge in [-0.1, -0.05) is 72.4 Å². The van der Waals surface area contributed by atoms with Crippen molar-refractivity contribution < 1.29 is 23.9 Å². The number of nitrogens with zero attached hydrogens (tertiary/aromatic N) is 2. The molecule has 1 N–H and O–H groups in total. The lowest BCUT2D eigenvalue weighted by Gasteiger charge is -2.09. The number of nitrogens with one attached hydrogen (secondary N) is 1. The Morgan fingerprint density at radius 3 is 1.92 bits per heavy atom. The Morgan fingerprint density at radius 2 is 1.38 bits per heavy atom. The number of hydrogen-bond donors (Lipinski definition) is 1. The number of amides is 1. The van der Waals surface area contributed by atoms with Crippen LogP contribution in [0.1, 0.15) is 10.4 Å². The molecule has 186 valence electrons. The van der Waals surface area contributed by atoms with E-state index in [9.17, 15) is 14.4 Å². The second kappa shape index (κ2) is 12.5. The molecule has 0 saturated heterocycles. The third kappa shape index (κ3) is 7.25. The fraction of sp³-hybridized carbons (Fsp3) is 0.107. The van der Waals surface area contributed by atoms with E-state index in [1.165, 1.54) is 19.2 Å². The number of hydrogen-bond acceptors (Lipinski definition) is 8. The third-order valence-electron chi connectivity index (χ3n) is 5.12. The van der Waals surface area contributed by atoms with Gasteiger partial charge in [0.05, 0.1) is 29.8 Å². The number of rotatable bonds is 9. The van der Waals surface area contributed by atoms with Crippen LogP contribution in [0.3, 0.4) is 0 Å². The van der Waals surface area contributed by atoms with Gasteiger partial charge in [-0.25, -0.2) is 14.8 Å². The second-order valence-corrected chi connectivity index (χ2v) is 8.66. The maximum absolute atomic E-state index is 12.3. The van der Waals surface area contributed by atoms with Crippen LogP contribution in [0.2, 0.25) is 0 Å². The molecule has 37 heavy (non-hydrogen) atoms. The van der Waals surface area contributed by atoms with Gasteiger partial charge in [-0.2, -0.15) is 0 Å². The van der Waals surface area contributed by atoms with E-state index in [1.807, 2.05) is 66.7 Å². The number of anilines is 1. The van der Waals surface area contributed by atoms with Crippen molar-refractivity contribution in [2.45, 2.75) is 5.16 Å². The number of carbonyl (C=O) groups is 3. The Morgan fingerprint density at radius 1 is 0.811 bits per heavy atom. The highest BCUT2D eigenvalue weighted by Crippen LogP contribution is 2.27. The first-order valence-electron chi connectivity index (χ1n) is 11.3. The molecule has 0 saturated carbocycles. The van der Waals surface area contributed by atoms with Crippen molar-refractivity contribution in [2.24, 2.45) is 0 Å². The molecule has 0 atom stereocenters. The summed E-state index contributed by atoms with van der Waals surface area (Å²) in [6.07, 6.45) is 0. The largest absolute Gasteiger partial charge is 0.465 e. The molecule has 8 nitrogen and oxygen atoms in total. The van der Waals surface area contributed by atoms with Gasteiger partial charge in [0.25, 0.3) is 5.91 Å². The number of esters is 2. The maximum Gasteiger partial charge on any atom is 0.337 e. The van der Waals surface area contributed by atoms with Crippen LogP contribution < -0.4 is 5.32 Å². The molecule has 4 rings (SSSR count). The summed E-state index contributed by atoms with van der Waals surface area (Å²) in [4.78, 5) is 45.2. The maximum atomic E-state index is 12.3. The van der Waals surface area contributed by atoms with Gasteiger partial charge in [-0.05, 0) is 30.3 Å². The second-order valence-electron chi connectivity index (χ2n) is 7.72. The lowest BCUT2D eigenvalue weighted by molar-refractivity contribution is -0.144. The van der Waals surface area contributed by atoms with Crippen LogP contribution >= 0.6 is 11.8 Å². The van der Waals surface area contributed by atoms with Gasteiger partial charge in [-0.3, -0.25) is 9.59 Å². The molecule has 1 aromatic heterocycles. The van der Waals surface area contributed by atoms with Gasteiger partial charge >= 0.3 is 11.9 Å². The summed E-state index contributed by atoms with van der Waals surface area (Å²) in [6.45, 7) is -0.446. The van der Waals surface area contributed by atoms with E-state index in [-0.39, 0.29) is 5.75 Å². The first-order chi connectivity index (χ1) is 18.0. The van der Waals surface area contributed by atoms with Crippen molar-refractivity contribution in [3.05, 3.63) is 96.6 Å². The van der Waals surface area contributed by atoms with Crippen molar-refractivity contribution in [2.75, 3.05) is 24.8 Å². The SMILES string of the molecule is COC(=O)c1ccc(NC(=O)COC(=O)CSc2nc(-c3ccccc3)cc(-c3ccccc3)n2)cc1. The molecule has 3 aromatic carbocycles. The van der Waals surface area contributed by atoms with Gasteiger partial charge < -0.3 is 14.8 Å². The molecule has 0 bridgehead atoms. The highest BCUT2D eigenvalue weighted by Gasteiger charge is 2.13. The Hall–Kier alpha value is -4.50. The molecule has 0 aliphatic carbocycles. The van der Waals surface area contributed by atoms with Crippen molar-refractivity contribution in [1.29, 1.82) is 0 Å². The first-order valence-corrected chi connectivity index (χ1v) is 12.3.